The Morgan fingerprint density at radius 3 is 2.78 bits per heavy atom. The summed E-state index contributed by atoms with van der Waals surface area (Å²) < 4.78 is 0. The van der Waals surface area contributed by atoms with Gasteiger partial charge in [-0.2, -0.15) is 0 Å². The van der Waals surface area contributed by atoms with Crippen LogP contribution in [0.4, 0.5) is 0 Å². The van der Waals surface area contributed by atoms with Gasteiger partial charge in [-0.1, -0.05) is 23.7 Å². The summed E-state index contributed by atoms with van der Waals surface area (Å²) in [5.74, 6) is 1.73. The number of fused-ring (bicyclic) bond motifs is 1. The number of hydrogen-bond acceptors (Lipinski definition) is 2. The van der Waals surface area contributed by atoms with Crippen LogP contribution >= 0.6 is 11.6 Å². The molecule has 3 unspecified atom stereocenters. The predicted octanol–water partition coefficient (Wildman–Crippen LogP) is 1.76. The minimum absolute atomic E-state index is 0.195. The lowest BCUT2D eigenvalue weighted by atomic mass is 9.91. The van der Waals surface area contributed by atoms with Crippen molar-refractivity contribution in [3.8, 4) is 0 Å². The second-order valence-corrected chi connectivity index (χ2v) is 5.83. The molecule has 96 valence electrons. The number of benzene rings is 1. The van der Waals surface area contributed by atoms with Gasteiger partial charge in [-0.15, -0.1) is 0 Å². The first-order valence-electron chi connectivity index (χ1n) is 6.42. The highest BCUT2D eigenvalue weighted by molar-refractivity contribution is 6.30. The lowest BCUT2D eigenvalue weighted by Gasteiger charge is -2.15. The number of amides is 1. The number of halogens is 1. The molecule has 1 amide bonds. The fraction of sp³-hybridized carbons (Fsp3) is 0.500. The molecule has 0 spiro atoms. The molecule has 2 aliphatic rings. The van der Waals surface area contributed by atoms with Crippen LogP contribution in [0, 0.1) is 17.8 Å². The summed E-state index contributed by atoms with van der Waals surface area (Å²) in [4.78, 5) is 11.7. The maximum absolute atomic E-state index is 11.7. The van der Waals surface area contributed by atoms with E-state index in [0.717, 1.165) is 36.9 Å². The van der Waals surface area contributed by atoms with Gasteiger partial charge < -0.3 is 11.1 Å². The molecule has 1 aliphatic heterocycles. The largest absolute Gasteiger partial charge is 0.369 e. The smallest absolute Gasteiger partial charge is 0.224 e. The number of carbonyl (C=O) groups is 1. The SMILES string of the molecule is NC(=O)C(CC1C2CNCC21)c1cccc(Cl)c1. The van der Waals surface area contributed by atoms with E-state index in [1.807, 2.05) is 24.3 Å². The molecule has 2 fully saturated rings. The van der Waals surface area contributed by atoms with Crippen molar-refractivity contribution >= 4 is 17.5 Å². The van der Waals surface area contributed by atoms with E-state index >= 15 is 0 Å². The molecular formula is C14H17ClN2O. The molecule has 1 aliphatic carbocycles. The summed E-state index contributed by atoms with van der Waals surface area (Å²) in [5, 5.41) is 4.03. The van der Waals surface area contributed by atoms with Crippen LogP contribution in [0.5, 0.6) is 0 Å². The van der Waals surface area contributed by atoms with Crippen LogP contribution in [0.3, 0.4) is 0 Å². The maximum atomic E-state index is 11.7. The van der Waals surface area contributed by atoms with E-state index in [-0.39, 0.29) is 11.8 Å². The van der Waals surface area contributed by atoms with Gasteiger partial charge in [0, 0.05) is 5.02 Å². The molecule has 4 heteroatoms. The minimum Gasteiger partial charge on any atom is -0.369 e. The molecule has 1 aromatic rings. The van der Waals surface area contributed by atoms with Crippen molar-refractivity contribution < 1.29 is 4.79 Å². The molecule has 1 saturated carbocycles. The summed E-state index contributed by atoms with van der Waals surface area (Å²) in [6, 6.07) is 7.49. The Bertz CT molecular complexity index is 467. The lowest BCUT2D eigenvalue weighted by molar-refractivity contribution is -0.119. The van der Waals surface area contributed by atoms with Gasteiger partial charge in [-0.3, -0.25) is 4.79 Å². The van der Waals surface area contributed by atoms with Crippen LogP contribution in [0.25, 0.3) is 0 Å². The van der Waals surface area contributed by atoms with E-state index in [1.165, 1.54) is 0 Å². The Morgan fingerprint density at radius 2 is 2.17 bits per heavy atom. The molecule has 3 rings (SSSR count). The van der Waals surface area contributed by atoms with Gasteiger partial charge in [0.2, 0.25) is 5.91 Å². The van der Waals surface area contributed by atoms with Crippen LogP contribution < -0.4 is 11.1 Å². The molecule has 3 atom stereocenters. The van der Waals surface area contributed by atoms with E-state index in [4.69, 9.17) is 17.3 Å². The van der Waals surface area contributed by atoms with Gasteiger partial charge in [0.1, 0.15) is 0 Å². The van der Waals surface area contributed by atoms with E-state index < -0.39 is 0 Å². The molecule has 0 radical (unpaired) electrons. The van der Waals surface area contributed by atoms with Gasteiger partial charge in [0.05, 0.1) is 5.92 Å². The molecule has 18 heavy (non-hydrogen) atoms. The molecule has 0 bridgehead atoms. The third kappa shape index (κ3) is 2.13. The van der Waals surface area contributed by atoms with Gasteiger partial charge in [0.25, 0.3) is 0 Å². The average molecular weight is 265 g/mol. The Morgan fingerprint density at radius 1 is 1.44 bits per heavy atom. The van der Waals surface area contributed by atoms with Crippen molar-refractivity contribution in [1.82, 2.24) is 5.32 Å². The highest BCUT2D eigenvalue weighted by atomic mass is 35.5. The molecule has 3 nitrogen and oxygen atoms in total. The number of primary amides is 1. The van der Waals surface area contributed by atoms with Crippen LogP contribution in [-0.4, -0.2) is 19.0 Å². The molecular weight excluding hydrogens is 248 g/mol. The normalized spacial score (nSPS) is 30.8. The molecule has 0 aromatic heterocycles. The standard InChI is InChI=1S/C14H17ClN2O/c15-9-3-1-2-8(4-9)10(14(16)18)5-11-12-6-17-7-13(11)12/h1-4,10-13,17H,5-7H2,(H2,16,18). The Hall–Kier alpha value is -1.06. The predicted molar refractivity (Wildman–Crippen MR) is 71.3 cm³/mol. The number of rotatable bonds is 4. The first-order valence-corrected chi connectivity index (χ1v) is 6.80. The van der Waals surface area contributed by atoms with Crippen molar-refractivity contribution in [1.29, 1.82) is 0 Å². The molecule has 3 N–H and O–H groups in total. The van der Waals surface area contributed by atoms with Crippen LogP contribution in [0.2, 0.25) is 5.02 Å². The highest BCUT2D eigenvalue weighted by Crippen LogP contribution is 2.53. The summed E-state index contributed by atoms with van der Waals surface area (Å²) in [6.07, 6.45) is 0.868. The zero-order valence-corrected chi connectivity index (χ0v) is 10.9. The topological polar surface area (TPSA) is 55.1 Å². The third-order valence-electron chi connectivity index (χ3n) is 4.37. The summed E-state index contributed by atoms with van der Waals surface area (Å²) in [7, 11) is 0. The lowest BCUT2D eigenvalue weighted by Crippen LogP contribution is -2.24. The summed E-state index contributed by atoms with van der Waals surface area (Å²) in [6.45, 7) is 2.19. The number of nitrogens with one attached hydrogen (secondary N) is 1. The third-order valence-corrected chi connectivity index (χ3v) is 4.61. The summed E-state index contributed by atoms with van der Waals surface area (Å²) in [5.41, 5.74) is 6.50. The van der Waals surface area contributed by atoms with E-state index in [0.29, 0.717) is 10.9 Å². The van der Waals surface area contributed by atoms with Crippen molar-refractivity contribution in [2.75, 3.05) is 13.1 Å². The number of piperidine rings is 1. The maximum Gasteiger partial charge on any atom is 0.224 e. The molecule has 1 heterocycles. The van der Waals surface area contributed by atoms with Crippen molar-refractivity contribution in [3.05, 3.63) is 34.9 Å². The number of carbonyl (C=O) groups excluding carboxylic acids is 1. The van der Waals surface area contributed by atoms with Crippen molar-refractivity contribution in [2.45, 2.75) is 12.3 Å². The second kappa shape index (κ2) is 4.56. The first kappa shape index (κ1) is 12.0. The molecule has 1 aromatic carbocycles. The zero-order valence-electron chi connectivity index (χ0n) is 10.1. The van der Waals surface area contributed by atoms with Gasteiger partial charge in [0.15, 0.2) is 0 Å². The summed E-state index contributed by atoms with van der Waals surface area (Å²) >= 11 is 5.98. The van der Waals surface area contributed by atoms with Gasteiger partial charge in [-0.25, -0.2) is 0 Å². The second-order valence-electron chi connectivity index (χ2n) is 5.40. The Kier molecular flexibility index (Phi) is 3.04. The molecule has 1 saturated heterocycles. The Labute approximate surface area is 112 Å². The first-order chi connectivity index (χ1) is 8.66. The fourth-order valence-electron chi connectivity index (χ4n) is 3.31. The van der Waals surface area contributed by atoms with Crippen LogP contribution in [-0.2, 0) is 4.79 Å². The van der Waals surface area contributed by atoms with Crippen LogP contribution in [0.1, 0.15) is 17.9 Å². The monoisotopic (exact) mass is 264 g/mol. The average Bonchev–Trinajstić information content (AvgIpc) is 2.76. The number of hydrogen-bond donors (Lipinski definition) is 2. The van der Waals surface area contributed by atoms with E-state index in [1.54, 1.807) is 0 Å². The number of nitrogens with two attached hydrogens (primary N) is 1. The van der Waals surface area contributed by atoms with Gasteiger partial charge >= 0.3 is 0 Å². The van der Waals surface area contributed by atoms with Crippen molar-refractivity contribution in [3.63, 3.8) is 0 Å². The van der Waals surface area contributed by atoms with E-state index in [9.17, 15) is 4.79 Å². The van der Waals surface area contributed by atoms with E-state index in [2.05, 4.69) is 5.32 Å². The minimum atomic E-state index is -0.241. The van der Waals surface area contributed by atoms with Gasteiger partial charge in [-0.05, 0) is 55.0 Å². The highest BCUT2D eigenvalue weighted by Gasteiger charge is 2.53. The zero-order chi connectivity index (χ0) is 12.7. The Balaban J connectivity index is 1.75. The van der Waals surface area contributed by atoms with Crippen molar-refractivity contribution in [2.24, 2.45) is 23.5 Å². The quantitative estimate of drug-likeness (QED) is 0.871. The fourth-order valence-corrected chi connectivity index (χ4v) is 3.51. The van der Waals surface area contributed by atoms with Crippen LogP contribution in [0.15, 0.2) is 24.3 Å².